The van der Waals surface area contributed by atoms with Crippen LogP contribution in [0, 0.1) is 6.92 Å². The number of furan rings is 1. The Labute approximate surface area is 125 Å². The van der Waals surface area contributed by atoms with Crippen LogP contribution in [0.15, 0.2) is 46.9 Å². The van der Waals surface area contributed by atoms with Gasteiger partial charge in [-0.15, -0.1) is 0 Å². The molecule has 0 fully saturated rings. The van der Waals surface area contributed by atoms with Crippen LogP contribution in [0.4, 0.5) is 0 Å². The van der Waals surface area contributed by atoms with Gasteiger partial charge in [-0.25, -0.2) is 0 Å². The van der Waals surface area contributed by atoms with Crippen molar-refractivity contribution in [3.63, 3.8) is 0 Å². The molecule has 1 aliphatic carbocycles. The molecular weight excluding hydrogens is 260 g/mol. The van der Waals surface area contributed by atoms with Crippen LogP contribution in [0.5, 0.6) is 0 Å². The normalized spacial score (nSPS) is 24.2. The first-order valence-electron chi connectivity index (χ1n) is 7.80. The SMILES string of the molecule is Cc1oc(-c2ccccc2)c2c1CCO[C@@]21C=CCCC1. The van der Waals surface area contributed by atoms with E-state index in [1.54, 1.807) is 0 Å². The topological polar surface area (TPSA) is 22.4 Å². The Hall–Kier alpha value is -1.80. The van der Waals surface area contributed by atoms with Crippen molar-refractivity contribution in [1.29, 1.82) is 0 Å². The Morgan fingerprint density at radius 1 is 1.14 bits per heavy atom. The van der Waals surface area contributed by atoms with E-state index >= 15 is 0 Å². The van der Waals surface area contributed by atoms with Crippen LogP contribution in [0.1, 0.15) is 36.1 Å². The van der Waals surface area contributed by atoms with E-state index < -0.39 is 0 Å². The van der Waals surface area contributed by atoms with Gasteiger partial charge in [0.2, 0.25) is 0 Å². The lowest BCUT2D eigenvalue weighted by Crippen LogP contribution is -2.35. The van der Waals surface area contributed by atoms with E-state index in [2.05, 4.69) is 43.3 Å². The first kappa shape index (κ1) is 12.9. The van der Waals surface area contributed by atoms with Crippen molar-refractivity contribution < 1.29 is 9.15 Å². The lowest BCUT2D eigenvalue weighted by atomic mass is 9.79. The van der Waals surface area contributed by atoms with Crippen LogP contribution in [-0.4, -0.2) is 6.61 Å². The van der Waals surface area contributed by atoms with Crippen LogP contribution in [0.2, 0.25) is 0 Å². The van der Waals surface area contributed by atoms with Crippen molar-refractivity contribution in [1.82, 2.24) is 0 Å². The van der Waals surface area contributed by atoms with Crippen LogP contribution in [0.25, 0.3) is 11.3 Å². The molecule has 1 atom stereocenters. The number of aryl methyl sites for hydroxylation is 1. The molecule has 108 valence electrons. The summed E-state index contributed by atoms with van der Waals surface area (Å²) in [5.41, 5.74) is 3.50. The maximum Gasteiger partial charge on any atom is 0.140 e. The average Bonchev–Trinajstić information content (AvgIpc) is 2.88. The zero-order chi connectivity index (χ0) is 14.3. The third-order valence-corrected chi connectivity index (χ3v) is 4.69. The van der Waals surface area contributed by atoms with Gasteiger partial charge in [-0.3, -0.25) is 0 Å². The first-order valence-corrected chi connectivity index (χ1v) is 7.80. The number of rotatable bonds is 1. The third kappa shape index (κ3) is 1.97. The summed E-state index contributed by atoms with van der Waals surface area (Å²) in [6.45, 7) is 2.86. The largest absolute Gasteiger partial charge is 0.461 e. The van der Waals surface area contributed by atoms with Gasteiger partial charge in [-0.2, -0.15) is 0 Å². The van der Waals surface area contributed by atoms with E-state index in [0.717, 1.165) is 43.0 Å². The highest BCUT2D eigenvalue weighted by molar-refractivity contribution is 5.67. The molecule has 1 aromatic carbocycles. The lowest BCUT2D eigenvalue weighted by Gasteiger charge is -2.37. The zero-order valence-corrected chi connectivity index (χ0v) is 12.4. The highest BCUT2D eigenvalue weighted by Gasteiger charge is 2.41. The van der Waals surface area contributed by atoms with Crippen molar-refractivity contribution in [2.45, 2.75) is 38.2 Å². The molecule has 1 aliphatic heterocycles. The van der Waals surface area contributed by atoms with E-state index in [0.29, 0.717) is 0 Å². The van der Waals surface area contributed by atoms with Crippen molar-refractivity contribution in [2.75, 3.05) is 6.61 Å². The van der Waals surface area contributed by atoms with Gasteiger partial charge in [0.15, 0.2) is 0 Å². The molecular formula is C19H20O2. The fraction of sp³-hybridized carbons (Fsp3) is 0.368. The molecule has 0 bridgehead atoms. The maximum atomic E-state index is 6.26. The van der Waals surface area contributed by atoms with Crippen LogP contribution in [0.3, 0.4) is 0 Å². The highest BCUT2D eigenvalue weighted by Crippen LogP contribution is 2.47. The Balaban J connectivity index is 1.95. The van der Waals surface area contributed by atoms with E-state index in [-0.39, 0.29) is 5.60 Å². The van der Waals surface area contributed by atoms with Gasteiger partial charge < -0.3 is 9.15 Å². The summed E-state index contributed by atoms with van der Waals surface area (Å²) in [5, 5.41) is 0. The highest BCUT2D eigenvalue weighted by atomic mass is 16.5. The quantitative estimate of drug-likeness (QED) is 0.702. The molecule has 21 heavy (non-hydrogen) atoms. The van der Waals surface area contributed by atoms with E-state index in [9.17, 15) is 0 Å². The number of allylic oxidation sites excluding steroid dienone is 1. The first-order chi connectivity index (χ1) is 10.3. The van der Waals surface area contributed by atoms with Gasteiger partial charge in [-0.1, -0.05) is 42.5 Å². The molecule has 0 saturated heterocycles. The molecule has 2 aromatic rings. The fourth-order valence-electron chi connectivity index (χ4n) is 3.70. The summed E-state index contributed by atoms with van der Waals surface area (Å²) in [6, 6.07) is 10.4. The van der Waals surface area contributed by atoms with E-state index in [1.165, 1.54) is 17.5 Å². The third-order valence-electron chi connectivity index (χ3n) is 4.69. The van der Waals surface area contributed by atoms with Crippen LogP contribution in [-0.2, 0) is 16.8 Å². The molecule has 0 radical (unpaired) electrons. The van der Waals surface area contributed by atoms with Gasteiger partial charge in [-0.05, 0) is 32.6 Å². The molecule has 4 rings (SSSR count). The summed E-state index contributed by atoms with van der Waals surface area (Å²) in [4.78, 5) is 0. The van der Waals surface area contributed by atoms with Crippen LogP contribution >= 0.6 is 0 Å². The van der Waals surface area contributed by atoms with Crippen molar-refractivity contribution in [3.8, 4) is 11.3 Å². The monoisotopic (exact) mass is 280 g/mol. The predicted octanol–water partition coefficient (Wildman–Crippen LogP) is 4.76. The predicted molar refractivity (Wildman–Crippen MR) is 83.2 cm³/mol. The van der Waals surface area contributed by atoms with Crippen molar-refractivity contribution >= 4 is 0 Å². The summed E-state index contributed by atoms with van der Waals surface area (Å²) < 4.78 is 12.4. The fourth-order valence-corrected chi connectivity index (χ4v) is 3.70. The molecule has 2 aliphatic rings. The molecule has 2 heteroatoms. The molecule has 0 N–H and O–H groups in total. The Morgan fingerprint density at radius 2 is 2.00 bits per heavy atom. The number of hydrogen-bond donors (Lipinski definition) is 0. The Bertz CT molecular complexity index is 681. The van der Waals surface area contributed by atoms with Gasteiger partial charge in [0.25, 0.3) is 0 Å². The minimum absolute atomic E-state index is 0.269. The summed E-state index contributed by atoms with van der Waals surface area (Å²) in [6.07, 6.45) is 8.85. The van der Waals surface area contributed by atoms with E-state index in [1.807, 2.05) is 6.07 Å². The Kier molecular flexibility index (Phi) is 3.00. The van der Waals surface area contributed by atoms with Crippen molar-refractivity contribution in [2.24, 2.45) is 0 Å². The zero-order valence-electron chi connectivity index (χ0n) is 12.4. The second-order valence-corrected chi connectivity index (χ2v) is 5.99. The van der Waals surface area contributed by atoms with Gasteiger partial charge in [0.05, 0.1) is 6.61 Å². The Morgan fingerprint density at radius 3 is 2.76 bits per heavy atom. The van der Waals surface area contributed by atoms with Crippen molar-refractivity contribution in [3.05, 3.63) is 59.4 Å². The van der Waals surface area contributed by atoms with Gasteiger partial charge in [0, 0.05) is 16.7 Å². The smallest absolute Gasteiger partial charge is 0.140 e. The minimum atomic E-state index is -0.269. The molecule has 0 amide bonds. The number of fused-ring (bicyclic) bond motifs is 2. The summed E-state index contributed by atoms with van der Waals surface area (Å²) in [7, 11) is 0. The maximum absolute atomic E-state index is 6.26. The standard InChI is InChI=1S/C19H20O2/c1-14-16-10-13-20-19(11-6-3-7-12-19)17(16)18(21-14)15-8-4-2-5-9-15/h2,4-6,8-9,11H,3,7,10,12-13H2,1H3/t19-/m1/s1. The van der Waals surface area contributed by atoms with Gasteiger partial charge in [0.1, 0.15) is 17.1 Å². The average molecular weight is 280 g/mol. The lowest BCUT2D eigenvalue weighted by molar-refractivity contribution is -0.0320. The molecule has 2 nitrogen and oxygen atoms in total. The number of hydrogen-bond acceptors (Lipinski definition) is 2. The van der Waals surface area contributed by atoms with E-state index in [4.69, 9.17) is 9.15 Å². The van der Waals surface area contributed by atoms with Crippen LogP contribution < -0.4 is 0 Å². The molecule has 0 saturated carbocycles. The number of ether oxygens (including phenoxy) is 1. The minimum Gasteiger partial charge on any atom is -0.461 e. The molecule has 0 unspecified atom stereocenters. The summed E-state index contributed by atoms with van der Waals surface area (Å²) >= 11 is 0. The number of benzene rings is 1. The molecule has 2 heterocycles. The molecule has 1 spiro atoms. The summed E-state index contributed by atoms with van der Waals surface area (Å²) in [5.74, 6) is 2.04. The second-order valence-electron chi connectivity index (χ2n) is 5.99. The molecule has 1 aromatic heterocycles. The van der Waals surface area contributed by atoms with Gasteiger partial charge >= 0.3 is 0 Å². The second kappa shape index (κ2) is 4.88.